The molecule has 4 rings (SSSR count). The minimum atomic E-state index is -0.202. The highest BCUT2D eigenvalue weighted by atomic mass is 32.1. The van der Waals surface area contributed by atoms with Crippen LogP contribution in [0.5, 0.6) is 0 Å². The Balaban J connectivity index is 1.33. The van der Waals surface area contributed by atoms with Gasteiger partial charge in [-0.15, -0.1) is 0 Å². The number of rotatable bonds is 7. The van der Waals surface area contributed by atoms with Gasteiger partial charge >= 0.3 is 0 Å². The molecule has 160 valence electrons. The molecule has 30 heavy (non-hydrogen) atoms. The van der Waals surface area contributed by atoms with Crippen molar-refractivity contribution in [2.75, 3.05) is 47.8 Å². The van der Waals surface area contributed by atoms with Crippen LogP contribution in [0.1, 0.15) is 37.7 Å². The van der Waals surface area contributed by atoms with Crippen molar-refractivity contribution in [1.82, 2.24) is 15.3 Å². The van der Waals surface area contributed by atoms with Crippen LogP contribution in [0.3, 0.4) is 0 Å². The lowest BCUT2D eigenvalue weighted by Crippen LogP contribution is -2.31. The van der Waals surface area contributed by atoms with E-state index in [1.807, 2.05) is 12.1 Å². The van der Waals surface area contributed by atoms with E-state index in [-0.39, 0.29) is 5.82 Å². The molecular formula is C22H29FN6S. The first-order chi connectivity index (χ1) is 14.7. The van der Waals surface area contributed by atoms with E-state index in [2.05, 4.69) is 26.5 Å². The van der Waals surface area contributed by atoms with Crippen molar-refractivity contribution in [1.29, 1.82) is 0 Å². The van der Waals surface area contributed by atoms with E-state index >= 15 is 0 Å². The van der Waals surface area contributed by atoms with Crippen LogP contribution in [0.2, 0.25) is 0 Å². The molecule has 0 saturated carbocycles. The lowest BCUT2D eigenvalue weighted by molar-refractivity contribution is 0.626. The van der Waals surface area contributed by atoms with Crippen LogP contribution in [0.4, 0.5) is 22.0 Å². The van der Waals surface area contributed by atoms with Crippen LogP contribution in [0.25, 0.3) is 0 Å². The summed E-state index contributed by atoms with van der Waals surface area (Å²) in [5.74, 6) is 2.31. The Bertz CT molecular complexity index is 813. The van der Waals surface area contributed by atoms with E-state index in [9.17, 15) is 4.39 Å². The SMILES string of the molecule is Fc1ccc(CCCNC(=S)Nc2nc(N3CCCC3)cc(N3CCCC3)n2)cc1. The number of thiocarbonyl (C=S) groups is 1. The van der Waals surface area contributed by atoms with Crippen LogP contribution < -0.4 is 20.4 Å². The van der Waals surface area contributed by atoms with Gasteiger partial charge in [0.05, 0.1) is 0 Å². The lowest BCUT2D eigenvalue weighted by atomic mass is 10.1. The zero-order valence-electron chi connectivity index (χ0n) is 17.2. The predicted octanol–water partition coefficient (Wildman–Crippen LogP) is 3.74. The third-order valence-corrected chi connectivity index (χ3v) is 5.87. The number of benzene rings is 1. The van der Waals surface area contributed by atoms with E-state index in [0.717, 1.165) is 62.8 Å². The van der Waals surface area contributed by atoms with Gasteiger partial charge in [0, 0.05) is 38.8 Å². The molecule has 2 saturated heterocycles. The van der Waals surface area contributed by atoms with Crippen LogP contribution in [-0.4, -0.2) is 47.8 Å². The van der Waals surface area contributed by atoms with Crippen LogP contribution in [0, 0.1) is 5.82 Å². The molecule has 8 heteroatoms. The molecule has 1 aromatic heterocycles. The van der Waals surface area contributed by atoms with Gasteiger partial charge in [0.2, 0.25) is 5.95 Å². The summed E-state index contributed by atoms with van der Waals surface area (Å²) in [5.41, 5.74) is 1.12. The molecule has 2 aliphatic heterocycles. The molecule has 0 aliphatic carbocycles. The average Bonchev–Trinajstić information content (AvgIpc) is 3.46. The van der Waals surface area contributed by atoms with Gasteiger partial charge in [-0.05, 0) is 68.4 Å². The van der Waals surface area contributed by atoms with Crippen molar-refractivity contribution in [2.45, 2.75) is 38.5 Å². The van der Waals surface area contributed by atoms with Gasteiger partial charge in [0.25, 0.3) is 0 Å². The van der Waals surface area contributed by atoms with E-state index in [4.69, 9.17) is 22.2 Å². The van der Waals surface area contributed by atoms with Crippen LogP contribution >= 0.6 is 12.2 Å². The summed E-state index contributed by atoms with van der Waals surface area (Å²) in [6.45, 7) is 4.90. The highest BCUT2D eigenvalue weighted by molar-refractivity contribution is 7.80. The van der Waals surface area contributed by atoms with Crippen molar-refractivity contribution >= 4 is 34.9 Å². The number of hydrogen-bond donors (Lipinski definition) is 2. The minimum Gasteiger partial charge on any atom is -0.362 e. The minimum absolute atomic E-state index is 0.202. The Morgan fingerprint density at radius 2 is 1.50 bits per heavy atom. The van der Waals surface area contributed by atoms with Crippen molar-refractivity contribution in [3.63, 3.8) is 0 Å². The molecule has 1 aromatic carbocycles. The summed E-state index contributed by atoms with van der Waals surface area (Å²) in [5, 5.41) is 6.93. The van der Waals surface area contributed by atoms with Crippen molar-refractivity contribution < 1.29 is 4.39 Å². The zero-order chi connectivity index (χ0) is 20.8. The third-order valence-electron chi connectivity index (χ3n) is 5.63. The molecule has 0 amide bonds. The van der Waals surface area contributed by atoms with Crippen molar-refractivity contribution in [2.24, 2.45) is 0 Å². The summed E-state index contributed by atoms with van der Waals surface area (Å²) in [6.07, 6.45) is 6.61. The van der Waals surface area contributed by atoms with Crippen molar-refractivity contribution in [3.8, 4) is 0 Å². The summed E-state index contributed by atoms with van der Waals surface area (Å²) in [4.78, 5) is 14.1. The maximum atomic E-state index is 13.0. The molecule has 6 nitrogen and oxygen atoms in total. The Labute approximate surface area is 182 Å². The zero-order valence-corrected chi connectivity index (χ0v) is 18.1. The number of aromatic nitrogens is 2. The maximum absolute atomic E-state index is 13.0. The van der Waals surface area contributed by atoms with Gasteiger partial charge < -0.3 is 20.4 Å². The van der Waals surface area contributed by atoms with Crippen LogP contribution in [-0.2, 0) is 6.42 Å². The largest absolute Gasteiger partial charge is 0.362 e. The monoisotopic (exact) mass is 428 g/mol. The Hall–Kier alpha value is -2.48. The fourth-order valence-electron chi connectivity index (χ4n) is 3.99. The summed E-state index contributed by atoms with van der Waals surface area (Å²) < 4.78 is 13.0. The van der Waals surface area contributed by atoms with Gasteiger partial charge in [-0.25, -0.2) is 4.39 Å². The fraction of sp³-hybridized carbons (Fsp3) is 0.500. The summed E-state index contributed by atoms with van der Waals surface area (Å²) >= 11 is 5.46. The molecule has 2 aliphatic rings. The van der Waals surface area contributed by atoms with Crippen LogP contribution in [0.15, 0.2) is 30.3 Å². The molecule has 2 fully saturated rings. The van der Waals surface area contributed by atoms with E-state index in [1.54, 1.807) is 0 Å². The molecule has 0 unspecified atom stereocenters. The second-order valence-electron chi connectivity index (χ2n) is 7.91. The molecule has 0 bridgehead atoms. The first kappa shape index (κ1) is 20.8. The van der Waals surface area contributed by atoms with E-state index in [1.165, 1.54) is 37.8 Å². The highest BCUT2D eigenvalue weighted by Gasteiger charge is 2.20. The molecule has 2 aromatic rings. The molecule has 0 atom stereocenters. The normalized spacial score (nSPS) is 16.2. The van der Waals surface area contributed by atoms with Gasteiger partial charge in [-0.3, -0.25) is 0 Å². The first-order valence-corrected chi connectivity index (χ1v) is 11.3. The standard InChI is InChI=1S/C22H29FN6S/c23-18-9-7-17(8-10-18)6-5-11-24-22(30)27-21-25-19(28-12-1-2-13-28)16-20(26-21)29-14-3-4-15-29/h7-10,16H,1-6,11-15H2,(H2,24,25,26,27,30). The van der Waals surface area contributed by atoms with Gasteiger partial charge in [0.1, 0.15) is 17.5 Å². The van der Waals surface area contributed by atoms with E-state index in [0.29, 0.717) is 11.1 Å². The smallest absolute Gasteiger partial charge is 0.232 e. The highest BCUT2D eigenvalue weighted by Crippen LogP contribution is 2.26. The number of halogens is 1. The number of hydrogen-bond acceptors (Lipinski definition) is 5. The Morgan fingerprint density at radius 1 is 0.933 bits per heavy atom. The third kappa shape index (κ3) is 5.56. The maximum Gasteiger partial charge on any atom is 0.232 e. The predicted molar refractivity (Wildman–Crippen MR) is 124 cm³/mol. The second-order valence-corrected chi connectivity index (χ2v) is 8.32. The quantitative estimate of drug-likeness (QED) is 0.515. The fourth-order valence-corrected chi connectivity index (χ4v) is 4.18. The van der Waals surface area contributed by atoms with Gasteiger partial charge in [-0.1, -0.05) is 12.1 Å². The molecule has 0 radical (unpaired) electrons. The van der Waals surface area contributed by atoms with Gasteiger partial charge in [0.15, 0.2) is 5.11 Å². The molecule has 3 heterocycles. The Kier molecular flexibility index (Phi) is 6.94. The summed E-state index contributed by atoms with van der Waals surface area (Å²) in [7, 11) is 0. The number of anilines is 3. The second kappa shape index (κ2) is 10.0. The number of nitrogens with one attached hydrogen (secondary N) is 2. The number of nitrogens with zero attached hydrogens (tertiary/aromatic N) is 4. The van der Waals surface area contributed by atoms with E-state index < -0.39 is 0 Å². The number of aryl methyl sites for hydroxylation is 1. The molecule has 2 N–H and O–H groups in total. The topological polar surface area (TPSA) is 56.3 Å². The lowest BCUT2D eigenvalue weighted by Gasteiger charge is -2.22. The average molecular weight is 429 g/mol. The molecular weight excluding hydrogens is 399 g/mol. The van der Waals surface area contributed by atoms with Gasteiger partial charge in [-0.2, -0.15) is 9.97 Å². The van der Waals surface area contributed by atoms with Crippen molar-refractivity contribution in [3.05, 3.63) is 41.7 Å². The molecule has 0 spiro atoms. The summed E-state index contributed by atoms with van der Waals surface area (Å²) in [6, 6.07) is 8.75. The first-order valence-electron chi connectivity index (χ1n) is 10.9. The Morgan fingerprint density at radius 3 is 2.07 bits per heavy atom.